The summed E-state index contributed by atoms with van der Waals surface area (Å²) in [5.41, 5.74) is 4.56. The Morgan fingerprint density at radius 2 is 1.85 bits per heavy atom. The monoisotopic (exact) mass is 564 g/mol. The van der Waals surface area contributed by atoms with Gasteiger partial charge in [0, 0.05) is 50.0 Å². The van der Waals surface area contributed by atoms with Crippen molar-refractivity contribution in [3.05, 3.63) is 29.6 Å². The van der Waals surface area contributed by atoms with Crippen molar-refractivity contribution in [2.24, 2.45) is 5.92 Å². The van der Waals surface area contributed by atoms with Crippen LogP contribution in [0.5, 0.6) is 5.75 Å². The Bertz CT molecular complexity index is 1210. The number of anilines is 1. The summed E-state index contributed by atoms with van der Waals surface area (Å²) in [4.78, 5) is 20.5. The summed E-state index contributed by atoms with van der Waals surface area (Å²) < 4.78 is 15.5. The van der Waals surface area contributed by atoms with Crippen LogP contribution in [0.15, 0.2) is 18.3 Å². The molecule has 40 heavy (non-hydrogen) atoms. The number of amides is 1. The van der Waals surface area contributed by atoms with Gasteiger partial charge in [-0.1, -0.05) is 19.6 Å². The van der Waals surface area contributed by atoms with E-state index in [1.165, 1.54) is 17.7 Å². The highest BCUT2D eigenvalue weighted by atomic mass is 28.3. The van der Waals surface area contributed by atoms with E-state index in [9.17, 15) is 4.79 Å². The number of nitrogens with zero attached hydrogens (tertiary/aromatic N) is 3. The fraction of sp³-hybridized carbons (Fsp3) is 0.688. The van der Waals surface area contributed by atoms with Gasteiger partial charge < -0.3 is 24.3 Å². The first-order valence-corrected chi connectivity index (χ1v) is 19.5. The molecule has 3 heterocycles. The summed E-state index contributed by atoms with van der Waals surface area (Å²) in [6.07, 6.45) is 11.9. The van der Waals surface area contributed by atoms with E-state index in [0.29, 0.717) is 18.6 Å². The second-order valence-electron chi connectivity index (χ2n) is 13.8. The van der Waals surface area contributed by atoms with Gasteiger partial charge in [-0.15, -0.1) is 0 Å². The largest absolute Gasteiger partial charge is 0.489 e. The maximum absolute atomic E-state index is 13.4. The minimum absolute atomic E-state index is 0.198. The quantitative estimate of drug-likeness (QED) is 0.269. The zero-order chi connectivity index (χ0) is 27.9. The molecule has 2 aliphatic carbocycles. The van der Waals surface area contributed by atoms with Gasteiger partial charge in [0.1, 0.15) is 18.3 Å². The summed E-state index contributed by atoms with van der Waals surface area (Å²) in [6.45, 7) is 12.8. The molecule has 1 amide bonds. The van der Waals surface area contributed by atoms with E-state index >= 15 is 0 Å². The van der Waals surface area contributed by atoms with Crippen molar-refractivity contribution in [1.29, 1.82) is 0 Å². The topological polar surface area (TPSA) is 68.6 Å². The van der Waals surface area contributed by atoms with E-state index in [2.05, 4.69) is 59.7 Å². The van der Waals surface area contributed by atoms with E-state index in [4.69, 9.17) is 14.5 Å². The third kappa shape index (κ3) is 5.90. The van der Waals surface area contributed by atoms with Crippen molar-refractivity contribution in [2.45, 2.75) is 115 Å². The molecule has 1 N–H and O–H groups in total. The average molecular weight is 565 g/mol. The Labute approximate surface area is 241 Å². The van der Waals surface area contributed by atoms with Crippen molar-refractivity contribution in [2.75, 3.05) is 24.6 Å². The summed E-state index contributed by atoms with van der Waals surface area (Å²) >= 11 is 0. The first-order chi connectivity index (χ1) is 19.3. The molecule has 0 radical (unpaired) electrons. The van der Waals surface area contributed by atoms with Crippen LogP contribution in [0.3, 0.4) is 0 Å². The van der Waals surface area contributed by atoms with Crippen LogP contribution in [0.1, 0.15) is 75.5 Å². The molecule has 2 aliphatic heterocycles. The number of aromatic nitrogens is 2. The smallest absolute Gasteiger partial charge is 0.230 e. The van der Waals surface area contributed by atoms with Gasteiger partial charge in [0.2, 0.25) is 5.91 Å². The third-order valence-corrected chi connectivity index (χ3v) is 11.1. The van der Waals surface area contributed by atoms with E-state index in [1.54, 1.807) is 0 Å². The van der Waals surface area contributed by atoms with Crippen molar-refractivity contribution in [3.8, 4) is 17.1 Å². The molecule has 2 saturated carbocycles. The van der Waals surface area contributed by atoms with Gasteiger partial charge in [0.15, 0.2) is 0 Å². The van der Waals surface area contributed by atoms with Gasteiger partial charge in [-0.25, -0.2) is 4.98 Å². The van der Waals surface area contributed by atoms with Crippen molar-refractivity contribution in [3.63, 3.8) is 0 Å². The molecule has 2 aromatic rings. The van der Waals surface area contributed by atoms with E-state index in [-0.39, 0.29) is 18.1 Å². The van der Waals surface area contributed by atoms with Gasteiger partial charge in [0.05, 0.1) is 17.4 Å². The number of carbonyl (C=O) groups excluding carboxylic acids is 1. The molecular weight excluding hydrogens is 516 g/mol. The van der Waals surface area contributed by atoms with E-state index < -0.39 is 8.07 Å². The summed E-state index contributed by atoms with van der Waals surface area (Å²) in [7, 11) is -1.18. The number of ether oxygens (including phenoxy) is 2. The molecule has 0 bridgehead atoms. The Hall–Kier alpha value is -2.16. The predicted molar refractivity (Wildman–Crippen MR) is 163 cm³/mol. The molecule has 218 valence electrons. The van der Waals surface area contributed by atoms with Crippen LogP contribution in [0.4, 0.5) is 5.69 Å². The number of hydrogen-bond donors (Lipinski definition) is 1. The number of fused-ring (bicyclic) bond motifs is 1. The molecule has 3 fully saturated rings. The molecule has 0 unspecified atom stereocenters. The maximum Gasteiger partial charge on any atom is 0.230 e. The summed E-state index contributed by atoms with van der Waals surface area (Å²) in [6, 6.07) is 5.71. The van der Waals surface area contributed by atoms with Gasteiger partial charge >= 0.3 is 0 Å². The van der Waals surface area contributed by atoms with Crippen LogP contribution in [-0.4, -0.2) is 55.4 Å². The van der Waals surface area contributed by atoms with Crippen LogP contribution >= 0.6 is 0 Å². The molecule has 6 rings (SSSR count). The highest BCUT2D eigenvalue weighted by Crippen LogP contribution is 2.46. The second-order valence-corrected chi connectivity index (χ2v) is 19.4. The zero-order valence-corrected chi connectivity index (χ0v) is 26.0. The number of nitrogens with one attached hydrogen (secondary N) is 1. The minimum Gasteiger partial charge on any atom is -0.489 e. The van der Waals surface area contributed by atoms with Gasteiger partial charge in [-0.3, -0.25) is 4.79 Å². The Morgan fingerprint density at radius 1 is 1.07 bits per heavy atom. The molecule has 1 aromatic carbocycles. The summed E-state index contributed by atoms with van der Waals surface area (Å²) in [5, 5.41) is 3.51. The number of benzene rings is 1. The molecule has 1 aromatic heterocycles. The Kier molecular flexibility index (Phi) is 8.12. The van der Waals surface area contributed by atoms with Gasteiger partial charge in [0.25, 0.3) is 0 Å². The number of rotatable bonds is 10. The fourth-order valence-corrected chi connectivity index (χ4v) is 7.11. The molecule has 7 nitrogen and oxygen atoms in total. The van der Waals surface area contributed by atoms with E-state index in [1.807, 2.05) is 0 Å². The zero-order valence-electron chi connectivity index (χ0n) is 25.0. The Balaban J connectivity index is 1.39. The van der Waals surface area contributed by atoms with Crippen molar-refractivity contribution >= 4 is 19.7 Å². The third-order valence-electron chi connectivity index (χ3n) is 9.35. The normalized spacial score (nSPS) is 22.2. The summed E-state index contributed by atoms with van der Waals surface area (Å²) in [5.74, 6) is 2.86. The van der Waals surface area contributed by atoms with Crippen LogP contribution < -0.4 is 15.0 Å². The van der Waals surface area contributed by atoms with Gasteiger partial charge in [-0.2, -0.15) is 0 Å². The lowest BCUT2D eigenvalue weighted by atomic mass is 9.91. The first-order valence-electron chi connectivity index (χ1n) is 15.8. The van der Waals surface area contributed by atoms with E-state index in [0.717, 1.165) is 99.9 Å². The number of carbonyl (C=O) groups is 1. The molecule has 1 saturated heterocycles. The average Bonchev–Trinajstić information content (AvgIpc) is 3.68. The standard InChI is InChI=1S/C32H48N4O3Si/c1-22-8-11-26-28(36(22)32(37)24-9-10-24)13-12-27(30(26)39-25-6-5-7-25)31-34-20-29(23-14-16-33-17-15-23)35(31)21-38-18-19-40(2,3)4/h12-13,20,22-25,33H,5-11,14-19,21H2,1-4H3/t22-/m0/s1. The second kappa shape index (κ2) is 11.6. The fourth-order valence-electron chi connectivity index (χ4n) is 6.35. The maximum atomic E-state index is 13.4. The molecule has 4 aliphatic rings. The van der Waals surface area contributed by atoms with Crippen molar-refractivity contribution in [1.82, 2.24) is 14.9 Å². The number of piperidine rings is 1. The molecule has 1 atom stereocenters. The van der Waals surface area contributed by atoms with Crippen molar-refractivity contribution < 1.29 is 14.3 Å². The lowest BCUT2D eigenvalue weighted by molar-refractivity contribution is -0.120. The van der Waals surface area contributed by atoms with Crippen LogP contribution in [0.2, 0.25) is 25.7 Å². The number of imidazole rings is 1. The van der Waals surface area contributed by atoms with Crippen LogP contribution in [0, 0.1) is 5.92 Å². The molecule has 0 spiro atoms. The molecular formula is C32H48N4O3Si. The lowest BCUT2D eigenvalue weighted by Crippen LogP contribution is -2.43. The predicted octanol–water partition coefficient (Wildman–Crippen LogP) is 6.34. The van der Waals surface area contributed by atoms with Gasteiger partial charge in [-0.05, 0) is 96.0 Å². The highest BCUT2D eigenvalue weighted by molar-refractivity contribution is 6.76. The molecule has 8 heteroatoms. The minimum atomic E-state index is -1.18. The first kappa shape index (κ1) is 28.0. The Morgan fingerprint density at radius 3 is 2.52 bits per heavy atom. The SMILES string of the molecule is C[C@H]1CCc2c(ccc(-c3ncc(C4CCNCC4)n3COCC[Si](C)(C)C)c2OC2CCC2)N1C(=O)C1CC1. The highest BCUT2D eigenvalue weighted by Gasteiger charge is 2.40. The lowest BCUT2D eigenvalue weighted by Gasteiger charge is -2.38. The van der Waals surface area contributed by atoms with Crippen LogP contribution in [0.25, 0.3) is 11.4 Å². The number of hydrogen-bond acceptors (Lipinski definition) is 5. The van der Waals surface area contributed by atoms with Crippen LogP contribution in [-0.2, 0) is 22.7 Å².